The minimum Gasteiger partial charge on any atom is -0.371 e. The molecular formula is C25H28FN5. The first-order valence-electron chi connectivity index (χ1n) is 11.1. The first-order valence-corrected chi connectivity index (χ1v) is 11.1. The molecule has 0 bridgehead atoms. The molecule has 0 atom stereocenters. The van der Waals surface area contributed by atoms with Crippen LogP contribution >= 0.6 is 0 Å². The van der Waals surface area contributed by atoms with Crippen LogP contribution in [0.2, 0.25) is 0 Å². The van der Waals surface area contributed by atoms with Crippen molar-refractivity contribution < 1.29 is 4.39 Å². The molecule has 3 aromatic rings. The Morgan fingerprint density at radius 2 is 2.00 bits per heavy atom. The van der Waals surface area contributed by atoms with Gasteiger partial charge < -0.3 is 10.2 Å². The van der Waals surface area contributed by atoms with E-state index in [1.54, 1.807) is 18.5 Å². The quantitative estimate of drug-likeness (QED) is 0.662. The van der Waals surface area contributed by atoms with Crippen molar-refractivity contribution >= 4 is 17.3 Å². The van der Waals surface area contributed by atoms with Crippen LogP contribution in [0.15, 0.2) is 48.8 Å². The highest BCUT2D eigenvalue weighted by molar-refractivity contribution is 5.89. The molecule has 2 aromatic carbocycles. The SMILES string of the molecule is Cn1ncnc1CCNC1CCN(c2cccc(C3=Cc4cc(F)ccc4C3)c2)CC1. The Morgan fingerprint density at radius 3 is 2.81 bits per heavy atom. The highest BCUT2D eigenvalue weighted by Gasteiger charge is 2.20. The summed E-state index contributed by atoms with van der Waals surface area (Å²) >= 11 is 0. The Labute approximate surface area is 182 Å². The third kappa shape index (κ3) is 4.39. The van der Waals surface area contributed by atoms with E-state index in [2.05, 4.69) is 50.6 Å². The molecule has 0 spiro atoms. The monoisotopic (exact) mass is 417 g/mol. The predicted octanol–water partition coefficient (Wildman–Crippen LogP) is 3.85. The van der Waals surface area contributed by atoms with E-state index in [4.69, 9.17) is 0 Å². The Morgan fingerprint density at radius 1 is 1.13 bits per heavy atom. The van der Waals surface area contributed by atoms with E-state index in [1.807, 2.05) is 17.8 Å². The smallest absolute Gasteiger partial charge is 0.138 e. The molecule has 2 aliphatic rings. The fraction of sp³-hybridized carbons (Fsp3) is 0.360. The summed E-state index contributed by atoms with van der Waals surface area (Å²) < 4.78 is 15.4. The number of aryl methyl sites for hydroxylation is 1. The van der Waals surface area contributed by atoms with Crippen molar-refractivity contribution in [2.75, 3.05) is 24.5 Å². The van der Waals surface area contributed by atoms with E-state index in [0.717, 1.165) is 56.7 Å². The van der Waals surface area contributed by atoms with E-state index in [0.29, 0.717) is 6.04 Å². The first kappa shape index (κ1) is 19.9. The molecule has 31 heavy (non-hydrogen) atoms. The van der Waals surface area contributed by atoms with Crippen LogP contribution in [-0.4, -0.2) is 40.4 Å². The van der Waals surface area contributed by atoms with E-state index in [1.165, 1.54) is 22.4 Å². The molecule has 1 fully saturated rings. The van der Waals surface area contributed by atoms with E-state index in [-0.39, 0.29) is 5.82 Å². The van der Waals surface area contributed by atoms with Crippen molar-refractivity contribution in [1.82, 2.24) is 20.1 Å². The van der Waals surface area contributed by atoms with E-state index < -0.39 is 0 Å². The average Bonchev–Trinajstić information content (AvgIpc) is 3.40. The van der Waals surface area contributed by atoms with Gasteiger partial charge in [-0.25, -0.2) is 9.37 Å². The van der Waals surface area contributed by atoms with Crippen molar-refractivity contribution in [1.29, 1.82) is 0 Å². The molecule has 1 aliphatic heterocycles. The summed E-state index contributed by atoms with van der Waals surface area (Å²) in [5, 5.41) is 7.81. The van der Waals surface area contributed by atoms with Crippen molar-refractivity contribution in [3.05, 3.63) is 77.1 Å². The number of hydrogen-bond acceptors (Lipinski definition) is 4. The van der Waals surface area contributed by atoms with Crippen molar-refractivity contribution in [3.8, 4) is 0 Å². The number of halogens is 1. The van der Waals surface area contributed by atoms with Crippen LogP contribution in [0.1, 0.15) is 35.4 Å². The number of hydrogen-bond donors (Lipinski definition) is 1. The van der Waals surface area contributed by atoms with Gasteiger partial charge in [0.05, 0.1) is 0 Å². The Bertz CT molecular complexity index is 1090. The van der Waals surface area contributed by atoms with Crippen LogP contribution < -0.4 is 10.2 Å². The predicted molar refractivity (Wildman–Crippen MR) is 122 cm³/mol. The summed E-state index contributed by atoms with van der Waals surface area (Å²) in [7, 11) is 1.94. The lowest BCUT2D eigenvalue weighted by Crippen LogP contribution is -2.43. The van der Waals surface area contributed by atoms with Crippen LogP contribution in [-0.2, 0) is 19.9 Å². The number of fused-ring (bicyclic) bond motifs is 1. The highest BCUT2D eigenvalue weighted by Crippen LogP contribution is 2.33. The number of nitrogens with zero attached hydrogens (tertiary/aromatic N) is 4. The van der Waals surface area contributed by atoms with Crippen molar-refractivity contribution in [2.45, 2.75) is 31.7 Å². The molecule has 1 aromatic heterocycles. The number of nitrogens with one attached hydrogen (secondary N) is 1. The Hall–Kier alpha value is -2.99. The highest BCUT2D eigenvalue weighted by atomic mass is 19.1. The van der Waals surface area contributed by atoms with E-state index in [9.17, 15) is 4.39 Å². The number of piperidine rings is 1. The van der Waals surface area contributed by atoms with Gasteiger partial charge in [0.1, 0.15) is 18.0 Å². The maximum atomic E-state index is 13.5. The van der Waals surface area contributed by atoms with Crippen molar-refractivity contribution in [3.63, 3.8) is 0 Å². The normalized spacial score (nSPS) is 16.5. The van der Waals surface area contributed by atoms with Crippen LogP contribution in [0.5, 0.6) is 0 Å². The molecule has 5 nitrogen and oxygen atoms in total. The van der Waals surface area contributed by atoms with Gasteiger partial charge in [-0.05, 0) is 65.8 Å². The largest absolute Gasteiger partial charge is 0.371 e. The summed E-state index contributed by atoms with van der Waals surface area (Å²) in [5.74, 6) is 0.853. The summed E-state index contributed by atoms with van der Waals surface area (Å²) in [6, 6.07) is 14.4. The lowest BCUT2D eigenvalue weighted by molar-refractivity contribution is 0.415. The molecule has 0 radical (unpaired) electrons. The molecule has 5 rings (SSSR count). The third-order valence-electron chi connectivity index (χ3n) is 6.48. The summed E-state index contributed by atoms with van der Waals surface area (Å²) in [6.07, 6.45) is 7.79. The Kier molecular flexibility index (Phi) is 5.55. The summed E-state index contributed by atoms with van der Waals surface area (Å²) in [4.78, 5) is 6.77. The zero-order valence-corrected chi connectivity index (χ0v) is 17.9. The molecule has 6 heteroatoms. The molecule has 1 aliphatic carbocycles. The van der Waals surface area contributed by atoms with Gasteiger partial charge in [0.25, 0.3) is 0 Å². The minimum absolute atomic E-state index is 0.168. The van der Waals surface area contributed by atoms with Gasteiger partial charge in [-0.2, -0.15) is 5.10 Å². The van der Waals surface area contributed by atoms with Crippen LogP contribution in [0, 0.1) is 5.82 Å². The maximum absolute atomic E-state index is 13.5. The standard InChI is InChI=1S/C25H28FN5/c1-30-25(28-17-29-30)7-10-27-23-8-11-31(12-9-23)24-4-2-3-18(16-24)20-13-19-5-6-22(26)15-21(19)14-20/h2-6,14-17,23,27H,7-13H2,1H3. The average molecular weight is 418 g/mol. The van der Waals surface area contributed by atoms with Gasteiger partial charge in [0, 0.05) is 44.8 Å². The number of allylic oxidation sites excluding steroid dienone is 1. The zero-order chi connectivity index (χ0) is 21.2. The topological polar surface area (TPSA) is 46.0 Å². The van der Waals surface area contributed by atoms with Gasteiger partial charge in [0.15, 0.2) is 0 Å². The molecular weight excluding hydrogens is 389 g/mol. The van der Waals surface area contributed by atoms with Crippen LogP contribution in [0.4, 0.5) is 10.1 Å². The molecule has 1 saturated heterocycles. The summed E-state index contributed by atoms with van der Waals surface area (Å²) in [6.45, 7) is 3.03. The van der Waals surface area contributed by atoms with E-state index >= 15 is 0 Å². The van der Waals surface area contributed by atoms with Gasteiger partial charge in [-0.1, -0.05) is 24.3 Å². The third-order valence-corrected chi connectivity index (χ3v) is 6.48. The lowest BCUT2D eigenvalue weighted by atomic mass is 10.0. The molecule has 2 heterocycles. The van der Waals surface area contributed by atoms with Gasteiger partial charge in [-0.3, -0.25) is 4.68 Å². The van der Waals surface area contributed by atoms with Crippen molar-refractivity contribution in [2.24, 2.45) is 7.05 Å². The van der Waals surface area contributed by atoms with Gasteiger partial charge in [-0.15, -0.1) is 0 Å². The number of rotatable bonds is 6. The van der Waals surface area contributed by atoms with Gasteiger partial charge >= 0.3 is 0 Å². The molecule has 0 unspecified atom stereocenters. The first-order chi connectivity index (χ1) is 15.2. The number of benzene rings is 2. The minimum atomic E-state index is -0.168. The number of anilines is 1. The maximum Gasteiger partial charge on any atom is 0.138 e. The second-order valence-electron chi connectivity index (χ2n) is 8.51. The molecule has 0 saturated carbocycles. The fourth-order valence-electron chi connectivity index (χ4n) is 4.67. The molecule has 160 valence electrons. The fourth-order valence-corrected chi connectivity index (χ4v) is 4.67. The molecule has 0 amide bonds. The summed E-state index contributed by atoms with van der Waals surface area (Å²) in [5.41, 5.74) is 5.99. The second kappa shape index (κ2) is 8.63. The molecule has 1 N–H and O–H groups in total. The zero-order valence-electron chi connectivity index (χ0n) is 17.9. The van der Waals surface area contributed by atoms with Crippen LogP contribution in [0.3, 0.4) is 0 Å². The van der Waals surface area contributed by atoms with Crippen LogP contribution in [0.25, 0.3) is 11.6 Å². The lowest BCUT2D eigenvalue weighted by Gasteiger charge is -2.34. The Balaban J connectivity index is 1.17. The number of aromatic nitrogens is 3. The van der Waals surface area contributed by atoms with Gasteiger partial charge in [0.2, 0.25) is 0 Å². The second-order valence-corrected chi connectivity index (χ2v) is 8.51.